The fraction of sp³-hybridized carbons (Fsp3) is 0.273. The predicted molar refractivity (Wildman–Crippen MR) is 155 cm³/mol. The summed E-state index contributed by atoms with van der Waals surface area (Å²) >= 11 is 15.1. The minimum Gasteiger partial charge on any atom is -0.0899 e. The van der Waals surface area contributed by atoms with E-state index in [0.29, 0.717) is 0 Å². The van der Waals surface area contributed by atoms with Gasteiger partial charge in [-0.05, 0) is 91.2 Å². The second-order valence-electron chi connectivity index (χ2n) is 6.30. The Kier molecular flexibility index (Phi) is 9.75. The Morgan fingerprint density at radius 1 is 0.433 bits per heavy atom. The van der Waals surface area contributed by atoms with E-state index in [2.05, 4.69) is 57.1 Å². The van der Waals surface area contributed by atoms with E-state index in [1.807, 2.05) is 94.1 Å². The summed E-state index contributed by atoms with van der Waals surface area (Å²) < 4.78 is 5.87. The van der Waals surface area contributed by atoms with Gasteiger partial charge in [0, 0.05) is 0 Å². The summed E-state index contributed by atoms with van der Waals surface area (Å²) in [5.41, 5.74) is 6.20. The van der Waals surface area contributed by atoms with Gasteiger partial charge in [0.1, 0.15) is 0 Å². The first-order valence-electron chi connectivity index (χ1n) is 9.68. The van der Waals surface area contributed by atoms with Crippen LogP contribution in [-0.4, -0.2) is 0 Å². The second-order valence-corrected chi connectivity index (χ2v) is 14.7. The van der Waals surface area contributed by atoms with Gasteiger partial charge in [0.15, 0.2) is 0 Å². The van der Waals surface area contributed by atoms with E-state index >= 15 is 0 Å². The topological polar surface area (TPSA) is 0 Å². The summed E-state index contributed by atoms with van der Waals surface area (Å²) in [6, 6.07) is 0. The van der Waals surface area contributed by atoms with Crippen molar-refractivity contribution >= 4 is 94.1 Å². The van der Waals surface area contributed by atoms with Crippen LogP contribution in [0.4, 0.5) is 0 Å². The van der Waals surface area contributed by atoms with Crippen LogP contribution in [0, 0.1) is 0 Å². The number of rotatable bonds is 7. The average molecular weight is 543 g/mol. The van der Waals surface area contributed by atoms with Crippen molar-refractivity contribution < 1.29 is 0 Å². The first-order valence-corrected chi connectivity index (χ1v) is 16.7. The van der Waals surface area contributed by atoms with Crippen molar-refractivity contribution in [1.82, 2.24) is 0 Å². The molecule has 0 bridgehead atoms. The molecule has 0 fully saturated rings. The smallest absolute Gasteiger partial charge is 0.0522 e. The molecular weight excluding hydrogens is 521 g/mol. The Morgan fingerprint density at radius 2 is 0.667 bits per heavy atom. The standard InChI is InChI=1S/C22H22S8/c1-3-15(19-23-7-8-24-19)17(21-27-11-12-28-21)5-6-18(22-29-13-14-30-22)16(4-2)20-25-9-10-26-20/h7-14H,3-6H2,1-2H3. The molecule has 0 amide bonds. The Morgan fingerprint density at radius 3 is 0.900 bits per heavy atom. The van der Waals surface area contributed by atoms with Crippen molar-refractivity contribution in [3.05, 3.63) is 82.5 Å². The lowest BCUT2D eigenvalue weighted by Crippen LogP contribution is -1.99. The summed E-state index contributed by atoms with van der Waals surface area (Å²) in [5, 5.41) is 17.8. The third-order valence-electron chi connectivity index (χ3n) is 4.67. The fourth-order valence-corrected chi connectivity index (χ4v) is 11.5. The maximum absolute atomic E-state index is 2.31. The zero-order valence-electron chi connectivity index (χ0n) is 16.7. The van der Waals surface area contributed by atoms with Gasteiger partial charge in [-0.25, -0.2) is 0 Å². The van der Waals surface area contributed by atoms with Crippen LogP contribution < -0.4 is 0 Å². The van der Waals surface area contributed by atoms with Crippen molar-refractivity contribution in [1.29, 1.82) is 0 Å². The summed E-state index contributed by atoms with van der Waals surface area (Å²) in [6.07, 6.45) is 4.38. The molecule has 8 heteroatoms. The molecule has 30 heavy (non-hydrogen) atoms. The quantitative estimate of drug-likeness (QED) is 0.307. The van der Waals surface area contributed by atoms with Gasteiger partial charge in [0.2, 0.25) is 0 Å². The molecule has 0 N–H and O–H groups in total. The number of hydrogen-bond donors (Lipinski definition) is 0. The molecule has 0 nitrogen and oxygen atoms in total. The lowest BCUT2D eigenvalue weighted by Gasteiger charge is -2.20. The number of hydrogen-bond acceptors (Lipinski definition) is 8. The lowest BCUT2D eigenvalue weighted by atomic mass is 9.95. The highest BCUT2D eigenvalue weighted by molar-refractivity contribution is 8.28. The Labute approximate surface area is 214 Å². The molecule has 0 radical (unpaired) electrons. The van der Waals surface area contributed by atoms with Crippen LogP contribution >= 0.6 is 94.1 Å². The van der Waals surface area contributed by atoms with Gasteiger partial charge in [-0.1, -0.05) is 108 Å². The van der Waals surface area contributed by atoms with Crippen LogP contribution in [0.3, 0.4) is 0 Å². The van der Waals surface area contributed by atoms with Crippen molar-refractivity contribution in [2.24, 2.45) is 0 Å². The lowest BCUT2D eigenvalue weighted by molar-refractivity contribution is 0.903. The summed E-state index contributed by atoms with van der Waals surface area (Å²) in [4.78, 5) is 0. The molecule has 0 aliphatic carbocycles. The molecule has 0 spiro atoms. The van der Waals surface area contributed by atoms with Gasteiger partial charge in [0.25, 0.3) is 0 Å². The summed E-state index contributed by atoms with van der Waals surface area (Å²) in [5.74, 6) is 0. The van der Waals surface area contributed by atoms with Crippen molar-refractivity contribution in [2.45, 2.75) is 39.5 Å². The van der Waals surface area contributed by atoms with E-state index in [4.69, 9.17) is 0 Å². The van der Waals surface area contributed by atoms with E-state index < -0.39 is 0 Å². The second kappa shape index (κ2) is 12.3. The summed E-state index contributed by atoms with van der Waals surface area (Å²) in [6.45, 7) is 4.62. The third-order valence-corrected chi connectivity index (χ3v) is 13.5. The van der Waals surface area contributed by atoms with Crippen LogP contribution in [0.5, 0.6) is 0 Å². The third kappa shape index (κ3) is 5.79. The molecule has 4 aliphatic heterocycles. The van der Waals surface area contributed by atoms with Gasteiger partial charge in [-0.2, -0.15) is 0 Å². The Balaban J connectivity index is 1.65. The van der Waals surface area contributed by atoms with E-state index in [-0.39, 0.29) is 0 Å². The van der Waals surface area contributed by atoms with Gasteiger partial charge in [-0.15, -0.1) is 0 Å². The summed E-state index contributed by atoms with van der Waals surface area (Å²) in [7, 11) is 0. The largest absolute Gasteiger partial charge is 0.0899 e. The minimum atomic E-state index is 1.09. The molecule has 0 atom stereocenters. The van der Waals surface area contributed by atoms with Gasteiger partial charge in [-0.3, -0.25) is 0 Å². The van der Waals surface area contributed by atoms with Gasteiger partial charge < -0.3 is 0 Å². The molecule has 4 aliphatic rings. The molecule has 158 valence electrons. The molecule has 0 aromatic heterocycles. The maximum atomic E-state index is 2.31. The zero-order valence-corrected chi connectivity index (χ0v) is 23.2. The first-order chi connectivity index (χ1) is 14.8. The molecule has 0 saturated heterocycles. The van der Waals surface area contributed by atoms with Crippen LogP contribution in [0.15, 0.2) is 82.5 Å². The van der Waals surface area contributed by atoms with Crippen molar-refractivity contribution in [3.8, 4) is 0 Å². The number of thioether (sulfide) groups is 8. The van der Waals surface area contributed by atoms with Crippen molar-refractivity contribution in [3.63, 3.8) is 0 Å². The highest BCUT2D eigenvalue weighted by atomic mass is 32.2. The molecule has 4 rings (SSSR count). The Bertz CT molecular complexity index is 811. The zero-order chi connectivity index (χ0) is 20.8. The van der Waals surface area contributed by atoms with Crippen LogP contribution in [0.2, 0.25) is 0 Å². The maximum Gasteiger partial charge on any atom is 0.0522 e. The monoisotopic (exact) mass is 542 g/mol. The van der Waals surface area contributed by atoms with Crippen molar-refractivity contribution in [2.75, 3.05) is 0 Å². The van der Waals surface area contributed by atoms with E-state index in [1.165, 1.54) is 16.9 Å². The first kappa shape index (κ1) is 23.9. The molecular formula is C22H22S8. The van der Waals surface area contributed by atoms with Crippen LogP contribution in [-0.2, 0) is 0 Å². The van der Waals surface area contributed by atoms with E-state index in [9.17, 15) is 0 Å². The average Bonchev–Trinajstić information content (AvgIpc) is 3.59. The van der Waals surface area contributed by atoms with Crippen LogP contribution in [0.1, 0.15) is 39.5 Å². The highest BCUT2D eigenvalue weighted by Crippen LogP contribution is 2.52. The Hall–Kier alpha value is 0.720. The highest BCUT2D eigenvalue weighted by Gasteiger charge is 2.23. The molecule has 0 unspecified atom stereocenters. The number of allylic oxidation sites excluding steroid dienone is 4. The fourth-order valence-electron chi connectivity index (χ4n) is 3.36. The van der Waals surface area contributed by atoms with E-state index in [1.54, 1.807) is 22.3 Å². The van der Waals surface area contributed by atoms with Gasteiger partial charge >= 0.3 is 0 Å². The minimum absolute atomic E-state index is 1.09. The normalized spacial score (nSPS) is 19.7. The molecule has 4 heterocycles. The molecule has 0 aromatic carbocycles. The predicted octanol–water partition coefficient (Wildman–Crippen LogP) is 11.2. The van der Waals surface area contributed by atoms with E-state index in [0.717, 1.165) is 25.7 Å². The van der Waals surface area contributed by atoms with Gasteiger partial charge in [0.05, 0.1) is 16.9 Å². The SMILES string of the molecule is CCC(=C1SC=CS1)C(CCC(=C1SC=CS1)C(CC)=C1SC=CS1)=C1SC=CS1. The van der Waals surface area contributed by atoms with Crippen LogP contribution in [0.25, 0.3) is 0 Å². The molecule has 0 saturated carbocycles. The molecule has 0 aromatic rings.